The Hall–Kier alpha value is -3.63. The van der Waals surface area contributed by atoms with E-state index in [2.05, 4.69) is 5.32 Å². The molecule has 3 unspecified atom stereocenters. The van der Waals surface area contributed by atoms with Crippen LogP contribution in [0.3, 0.4) is 0 Å². The van der Waals surface area contributed by atoms with Crippen molar-refractivity contribution in [2.45, 2.75) is 45.6 Å². The van der Waals surface area contributed by atoms with Gasteiger partial charge in [-0.05, 0) is 67.3 Å². The number of anilines is 2. The molecule has 4 rings (SSSR count). The number of phenols is 1. The third-order valence-corrected chi connectivity index (χ3v) is 7.77. The topological polar surface area (TPSA) is 146 Å². The second-order valence-corrected chi connectivity index (χ2v) is 10.9. The molecule has 2 aromatic rings. The molecule has 10 nitrogen and oxygen atoms in total. The number of carbonyl (C=O) groups is 3. The highest BCUT2D eigenvalue weighted by Gasteiger charge is 2.36. The third-order valence-electron chi connectivity index (χ3n) is 7.77. The molecule has 2 aliphatic rings. The number of hydrogen-bond acceptors (Lipinski definition) is 10. The van der Waals surface area contributed by atoms with E-state index in [9.17, 15) is 29.7 Å². The van der Waals surface area contributed by atoms with Crippen molar-refractivity contribution in [1.82, 2.24) is 0 Å². The van der Waals surface area contributed by atoms with E-state index in [1.54, 1.807) is 0 Å². The standard InChI is InChI=1S/C30H38N2O8/c1-17(35)8-25(36)22(15-34)20(6-7-33)9-19-10-21-24(32(2)3)13-23(30(38)29(21)26(37)11-19)31-14-18-4-5-27-28(12-18)40-16-39-27/h4-5,12-13,19-20,22,31,33-34,38H,6-11,14-16H2,1-3H3. The molecule has 3 atom stereocenters. The maximum absolute atomic E-state index is 13.5. The fraction of sp³-hybridized carbons (Fsp3) is 0.500. The van der Waals surface area contributed by atoms with Crippen LogP contribution in [0, 0.1) is 17.8 Å². The van der Waals surface area contributed by atoms with Crippen molar-refractivity contribution in [3.8, 4) is 17.2 Å². The molecule has 0 spiro atoms. The smallest absolute Gasteiger partial charge is 0.231 e. The van der Waals surface area contributed by atoms with Crippen LogP contribution < -0.4 is 19.7 Å². The second-order valence-electron chi connectivity index (χ2n) is 10.9. The highest BCUT2D eigenvalue weighted by atomic mass is 16.7. The zero-order valence-corrected chi connectivity index (χ0v) is 23.2. The minimum atomic E-state index is -0.781. The van der Waals surface area contributed by atoms with Gasteiger partial charge in [-0.2, -0.15) is 0 Å². The number of phenolic OH excluding ortho intramolecular Hbond substituents is 1. The van der Waals surface area contributed by atoms with Crippen molar-refractivity contribution in [2.24, 2.45) is 17.8 Å². The molecule has 1 aliphatic carbocycles. The molecule has 0 fully saturated rings. The fourth-order valence-corrected chi connectivity index (χ4v) is 5.85. The molecule has 2 aromatic carbocycles. The lowest BCUT2D eigenvalue weighted by molar-refractivity contribution is -0.131. The first-order valence-electron chi connectivity index (χ1n) is 13.6. The average molecular weight is 555 g/mol. The van der Waals surface area contributed by atoms with Gasteiger partial charge in [0.1, 0.15) is 17.3 Å². The van der Waals surface area contributed by atoms with E-state index >= 15 is 0 Å². The lowest BCUT2D eigenvalue weighted by Crippen LogP contribution is -2.33. The molecule has 0 saturated carbocycles. The fourth-order valence-electron chi connectivity index (χ4n) is 5.85. The summed E-state index contributed by atoms with van der Waals surface area (Å²) in [4.78, 5) is 39.5. The minimum Gasteiger partial charge on any atom is -0.505 e. The Morgan fingerprint density at radius 2 is 1.88 bits per heavy atom. The van der Waals surface area contributed by atoms with Gasteiger partial charge in [0.15, 0.2) is 17.3 Å². The summed E-state index contributed by atoms with van der Waals surface area (Å²) >= 11 is 0. The number of carbonyl (C=O) groups excluding carboxylic acids is 3. The Morgan fingerprint density at radius 3 is 2.55 bits per heavy atom. The molecule has 40 heavy (non-hydrogen) atoms. The number of hydrogen-bond donors (Lipinski definition) is 4. The Balaban J connectivity index is 1.57. The molecule has 0 bridgehead atoms. The largest absolute Gasteiger partial charge is 0.505 e. The lowest BCUT2D eigenvalue weighted by atomic mass is 9.73. The van der Waals surface area contributed by atoms with Crippen LogP contribution in [0.15, 0.2) is 24.3 Å². The van der Waals surface area contributed by atoms with Crippen molar-refractivity contribution in [3.05, 3.63) is 41.0 Å². The monoisotopic (exact) mass is 554 g/mol. The molecule has 1 aliphatic heterocycles. The summed E-state index contributed by atoms with van der Waals surface area (Å²) in [7, 11) is 3.75. The van der Waals surface area contributed by atoms with E-state index in [4.69, 9.17) is 9.47 Å². The maximum atomic E-state index is 13.5. The summed E-state index contributed by atoms with van der Waals surface area (Å²) < 4.78 is 10.8. The van der Waals surface area contributed by atoms with E-state index in [1.807, 2.05) is 43.3 Å². The van der Waals surface area contributed by atoms with Crippen molar-refractivity contribution in [1.29, 1.82) is 0 Å². The highest BCUT2D eigenvalue weighted by Crippen LogP contribution is 2.44. The molecule has 1 heterocycles. The summed E-state index contributed by atoms with van der Waals surface area (Å²) in [5.41, 5.74) is 3.19. The van der Waals surface area contributed by atoms with Gasteiger partial charge in [-0.25, -0.2) is 0 Å². The van der Waals surface area contributed by atoms with Crippen LogP contribution in [0.5, 0.6) is 17.2 Å². The number of rotatable bonds is 13. The lowest BCUT2D eigenvalue weighted by Gasteiger charge is -2.33. The van der Waals surface area contributed by atoms with Crippen LogP contribution in [0.2, 0.25) is 0 Å². The number of benzene rings is 2. The Kier molecular flexibility index (Phi) is 9.32. The number of Topliss-reactive ketones (excluding diaryl/α,β-unsaturated/α-hetero) is 3. The Morgan fingerprint density at radius 1 is 1.12 bits per heavy atom. The summed E-state index contributed by atoms with van der Waals surface area (Å²) in [6.45, 7) is 1.32. The number of ether oxygens (including phenoxy) is 2. The SMILES string of the molecule is CC(=O)CC(=O)C(CO)C(CCO)CC1CC(=O)c2c(O)c(NCc3ccc4c(c3)OCO4)cc(N(C)C)c2C1. The van der Waals surface area contributed by atoms with E-state index in [0.29, 0.717) is 42.1 Å². The van der Waals surface area contributed by atoms with Crippen LogP contribution in [-0.2, 0) is 22.6 Å². The summed E-state index contributed by atoms with van der Waals surface area (Å²) in [5.74, 6) is -0.875. The van der Waals surface area contributed by atoms with Crippen LogP contribution in [0.4, 0.5) is 11.4 Å². The molecule has 0 amide bonds. The molecular formula is C30H38N2O8. The van der Waals surface area contributed by atoms with E-state index in [-0.39, 0.29) is 67.6 Å². The summed E-state index contributed by atoms with van der Waals surface area (Å²) in [5, 5.41) is 34.1. The predicted molar refractivity (Wildman–Crippen MR) is 149 cm³/mol. The van der Waals surface area contributed by atoms with Crippen LogP contribution in [0.25, 0.3) is 0 Å². The van der Waals surface area contributed by atoms with E-state index in [1.165, 1.54) is 6.92 Å². The van der Waals surface area contributed by atoms with Gasteiger partial charge >= 0.3 is 0 Å². The first kappa shape index (κ1) is 29.4. The number of nitrogens with one attached hydrogen (secondary N) is 1. The normalized spacial score (nSPS) is 17.2. The Labute approximate surface area is 233 Å². The van der Waals surface area contributed by atoms with Crippen LogP contribution >= 0.6 is 0 Å². The highest BCUT2D eigenvalue weighted by molar-refractivity contribution is 6.04. The number of aliphatic hydroxyl groups excluding tert-OH is 2. The second kappa shape index (κ2) is 12.7. The number of aromatic hydroxyl groups is 1. The van der Waals surface area contributed by atoms with Gasteiger partial charge in [0.05, 0.1) is 24.3 Å². The van der Waals surface area contributed by atoms with Gasteiger partial charge in [0, 0.05) is 45.3 Å². The van der Waals surface area contributed by atoms with Gasteiger partial charge < -0.3 is 35.0 Å². The van der Waals surface area contributed by atoms with Crippen molar-refractivity contribution in [3.63, 3.8) is 0 Å². The molecular weight excluding hydrogens is 516 g/mol. The Bertz CT molecular complexity index is 1270. The molecule has 0 radical (unpaired) electrons. The van der Waals surface area contributed by atoms with Gasteiger partial charge in [-0.1, -0.05) is 6.07 Å². The summed E-state index contributed by atoms with van der Waals surface area (Å²) in [6.07, 6.45) is 1.10. The zero-order chi connectivity index (χ0) is 29.0. The van der Waals surface area contributed by atoms with Crippen molar-refractivity contribution in [2.75, 3.05) is 44.3 Å². The number of ketones is 3. The van der Waals surface area contributed by atoms with E-state index < -0.39 is 12.5 Å². The molecule has 0 aromatic heterocycles. The van der Waals surface area contributed by atoms with Gasteiger partial charge in [-0.3, -0.25) is 14.4 Å². The van der Waals surface area contributed by atoms with Gasteiger partial charge in [0.25, 0.3) is 0 Å². The van der Waals surface area contributed by atoms with Crippen molar-refractivity contribution >= 4 is 28.7 Å². The predicted octanol–water partition coefficient (Wildman–Crippen LogP) is 3.09. The molecule has 10 heteroatoms. The molecule has 4 N–H and O–H groups in total. The zero-order valence-electron chi connectivity index (χ0n) is 23.2. The third kappa shape index (κ3) is 6.39. The number of nitrogens with zero attached hydrogens (tertiary/aromatic N) is 1. The van der Waals surface area contributed by atoms with Crippen molar-refractivity contribution < 1.29 is 39.2 Å². The van der Waals surface area contributed by atoms with E-state index in [0.717, 1.165) is 16.8 Å². The summed E-state index contributed by atoms with van der Waals surface area (Å²) in [6, 6.07) is 7.44. The molecule has 0 saturated heterocycles. The number of fused-ring (bicyclic) bond motifs is 2. The minimum absolute atomic E-state index is 0.0958. The first-order chi connectivity index (χ1) is 19.1. The van der Waals surface area contributed by atoms with Gasteiger partial charge in [0.2, 0.25) is 6.79 Å². The maximum Gasteiger partial charge on any atom is 0.231 e. The first-order valence-corrected chi connectivity index (χ1v) is 13.6. The van der Waals surface area contributed by atoms with Crippen LogP contribution in [-0.4, -0.2) is 66.8 Å². The average Bonchev–Trinajstić information content (AvgIpc) is 3.36. The van der Waals surface area contributed by atoms with Crippen LogP contribution in [0.1, 0.15) is 54.1 Å². The number of aliphatic hydroxyl groups is 2. The quantitative estimate of drug-likeness (QED) is 0.215. The van der Waals surface area contributed by atoms with Gasteiger partial charge in [-0.15, -0.1) is 0 Å². The molecule has 216 valence electrons.